The van der Waals surface area contributed by atoms with Crippen LogP contribution in [0.3, 0.4) is 0 Å². The average Bonchev–Trinajstić information content (AvgIpc) is 3.10. The molecule has 9 heteroatoms. The summed E-state index contributed by atoms with van der Waals surface area (Å²) in [5.74, 6) is -0.682. The van der Waals surface area contributed by atoms with E-state index >= 15 is 0 Å². The van der Waals surface area contributed by atoms with Crippen LogP contribution < -0.4 is 10.9 Å². The molecule has 0 unspecified atom stereocenters. The fourth-order valence-corrected chi connectivity index (χ4v) is 3.16. The first-order valence-electron chi connectivity index (χ1n) is 9.57. The highest BCUT2D eigenvalue weighted by Crippen LogP contribution is 2.19. The Morgan fingerprint density at radius 2 is 1.39 bits per heavy atom. The van der Waals surface area contributed by atoms with Gasteiger partial charge in [0.15, 0.2) is 0 Å². The number of amides is 2. The van der Waals surface area contributed by atoms with Gasteiger partial charge in [0.25, 0.3) is 11.8 Å². The number of aromatic amines is 1. The Kier molecular flexibility index (Phi) is 6.66. The predicted molar refractivity (Wildman–Crippen MR) is 118 cm³/mol. The molecule has 0 spiro atoms. The molecule has 0 saturated carbocycles. The first-order valence-corrected chi connectivity index (χ1v) is 9.57. The zero-order chi connectivity index (χ0) is 22.4. The lowest BCUT2D eigenvalue weighted by Gasteiger charge is -2.05. The van der Waals surface area contributed by atoms with Gasteiger partial charge in [-0.2, -0.15) is 10.2 Å². The van der Waals surface area contributed by atoms with Crippen molar-refractivity contribution in [3.8, 4) is 0 Å². The van der Waals surface area contributed by atoms with E-state index in [1.54, 1.807) is 43.6 Å². The Morgan fingerprint density at radius 3 is 1.87 bits per heavy atom. The van der Waals surface area contributed by atoms with Crippen LogP contribution in [0.2, 0.25) is 0 Å². The van der Waals surface area contributed by atoms with Crippen molar-refractivity contribution >= 4 is 23.2 Å². The SMILES string of the molecule is C/C(=N\NC(=O)c1cccnc1)c1[nH]c(C)c(/C(C)=N/NC(=O)c2cccnc2)c1C. The standard InChI is InChI=1S/C22H23N7O2/c1-13-19(15(3)26-28-21(30)17-7-5-9-23-11-17)14(2)25-20(13)16(4)27-29-22(31)18-8-6-10-24-12-18/h5-12,25H,1-4H3,(H,28,30)(H,29,31)/b26-15+,27-16+. The lowest BCUT2D eigenvalue weighted by Crippen LogP contribution is -2.20. The third kappa shape index (κ3) is 5.08. The number of carbonyl (C=O) groups excluding carboxylic acids is 2. The van der Waals surface area contributed by atoms with E-state index in [4.69, 9.17) is 0 Å². The van der Waals surface area contributed by atoms with Gasteiger partial charge in [-0.05, 0) is 57.5 Å². The van der Waals surface area contributed by atoms with Crippen molar-refractivity contribution in [1.82, 2.24) is 25.8 Å². The Morgan fingerprint density at radius 1 is 0.871 bits per heavy atom. The molecule has 9 nitrogen and oxygen atoms in total. The Balaban J connectivity index is 1.76. The van der Waals surface area contributed by atoms with Crippen LogP contribution in [0.1, 0.15) is 57.1 Å². The number of pyridine rings is 2. The van der Waals surface area contributed by atoms with Gasteiger partial charge in [0, 0.05) is 36.0 Å². The van der Waals surface area contributed by atoms with E-state index in [0.717, 1.165) is 22.5 Å². The highest BCUT2D eigenvalue weighted by molar-refractivity contribution is 6.07. The summed E-state index contributed by atoms with van der Waals surface area (Å²) >= 11 is 0. The molecule has 3 heterocycles. The molecule has 3 N–H and O–H groups in total. The summed E-state index contributed by atoms with van der Waals surface area (Å²) in [5.41, 5.74) is 10.6. The molecular formula is C22H23N7O2. The molecule has 0 aliphatic rings. The molecular weight excluding hydrogens is 394 g/mol. The van der Waals surface area contributed by atoms with E-state index in [2.05, 4.69) is 36.0 Å². The molecule has 0 atom stereocenters. The maximum Gasteiger partial charge on any atom is 0.272 e. The molecule has 0 saturated heterocycles. The Bertz CT molecular complexity index is 1150. The van der Waals surface area contributed by atoms with Crippen LogP contribution in [-0.4, -0.2) is 38.2 Å². The second-order valence-electron chi connectivity index (χ2n) is 6.88. The van der Waals surface area contributed by atoms with Crippen LogP contribution in [0.5, 0.6) is 0 Å². The van der Waals surface area contributed by atoms with Gasteiger partial charge in [0.05, 0.1) is 28.2 Å². The fraction of sp³-hybridized carbons (Fsp3) is 0.182. The smallest absolute Gasteiger partial charge is 0.272 e. The van der Waals surface area contributed by atoms with E-state index in [-0.39, 0.29) is 11.8 Å². The molecule has 0 aliphatic heterocycles. The van der Waals surface area contributed by atoms with Gasteiger partial charge in [-0.25, -0.2) is 10.9 Å². The summed E-state index contributed by atoms with van der Waals surface area (Å²) in [7, 11) is 0. The normalized spacial score (nSPS) is 11.9. The van der Waals surface area contributed by atoms with Gasteiger partial charge in [-0.1, -0.05) is 0 Å². The van der Waals surface area contributed by atoms with Crippen molar-refractivity contribution in [2.24, 2.45) is 10.2 Å². The van der Waals surface area contributed by atoms with Gasteiger partial charge in [-0.3, -0.25) is 19.6 Å². The van der Waals surface area contributed by atoms with E-state index in [9.17, 15) is 9.59 Å². The lowest BCUT2D eigenvalue weighted by atomic mass is 10.0. The molecule has 3 aromatic rings. The van der Waals surface area contributed by atoms with E-state index in [1.807, 2.05) is 20.8 Å². The summed E-state index contributed by atoms with van der Waals surface area (Å²) in [6.45, 7) is 7.45. The number of H-pyrrole nitrogens is 1. The van der Waals surface area contributed by atoms with Crippen molar-refractivity contribution in [1.29, 1.82) is 0 Å². The molecule has 3 aromatic heterocycles. The number of aromatic nitrogens is 3. The number of nitrogens with one attached hydrogen (secondary N) is 3. The number of hydrazone groups is 2. The zero-order valence-electron chi connectivity index (χ0n) is 17.7. The minimum atomic E-state index is -0.343. The highest BCUT2D eigenvalue weighted by Gasteiger charge is 2.16. The third-order valence-corrected chi connectivity index (χ3v) is 4.66. The van der Waals surface area contributed by atoms with Crippen LogP contribution in [0, 0.1) is 13.8 Å². The van der Waals surface area contributed by atoms with Crippen molar-refractivity contribution in [2.75, 3.05) is 0 Å². The van der Waals surface area contributed by atoms with Crippen LogP contribution in [0.15, 0.2) is 59.3 Å². The van der Waals surface area contributed by atoms with Crippen LogP contribution in [0.25, 0.3) is 0 Å². The second-order valence-corrected chi connectivity index (χ2v) is 6.88. The second kappa shape index (κ2) is 9.57. The lowest BCUT2D eigenvalue weighted by molar-refractivity contribution is 0.0946. The largest absolute Gasteiger partial charge is 0.357 e. The van der Waals surface area contributed by atoms with Crippen LogP contribution in [0.4, 0.5) is 0 Å². The van der Waals surface area contributed by atoms with Gasteiger partial charge in [0.1, 0.15) is 0 Å². The summed E-state index contributed by atoms with van der Waals surface area (Å²) in [4.78, 5) is 35.5. The van der Waals surface area contributed by atoms with Crippen molar-refractivity contribution in [2.45, 2.75) is 27.7 Å². The summed E-state index contributed by atoms with van der Waals surface area (Å²) < 4.78 is 0. The third-order valence-electron chi connectivity index (χ3n) is 4.66. The van der Waals surface area contributed by atoms with Gasteiger partial charge in [-0.15, -0.1) is 0 Å². The molecule has 3 rings (SSSR count). The molecule has 158 valence electrons. The summed E-state index contributed by atoms with van der Waals surface area (Å²) in [6.07, 6.45) is 6.15. The topological polar surface area (TPSA) is 124 Å². The number of hydrogen-bond donors (Lipinski definition) is 3. The minimum absolute atomic E-state index is 0.339. The van der Waals surface area contributed by atoms with E-state index in [0.29, 0.717) is 22.6 Å². The van der Waals surface area contributed by atoms with Gasteiger partial charge < -0.3 is 4.98 Å². The first-order chi connectivity index (χ1) is 14.9. The average molecular weight is 417 g/mol. The molecule has 0 aliphatic carbocycles. The maximum atomic E-state index is 12.2. The van der Waals surface area contributed by atoms with Crippen molar-refractivity contribution in [3.63, 3.8) is 0 Å². The number of nitrogens with zero attached hydrogens (tertiary/aromatic N) is 4. The number of aryl methyl sites for hydroxylation is 1. The minimum Gasteiger partial charge on any atom is -0.357 e. The number of hydrogen-bond acceptors (Lipinski definition) is 6. The van der Waals surface area contributed by atoms with E-state index in [1.165, 1.54) is 12.4 Å². The van der Waals surface area contributed by atoms with Crippen molar-refractivity contribution < 1.29 is 9.59 Å². The Hall–Kier alpha value is -4.14. The number of carbonyl (C=O) groups is 2. The summed E-state index contributed by atoms with van der Waals surface area (Å²) in [6, 6.07) is 6.70. The van der Waals surface area contributed by atoms with Crippen LogP contribution >= 0.6 is 0 Å². The molecule has 0 radical (unpaired) electrons. The molecule has 0 aromatic carbocycles. The van der Waals surface area contributed by atoms with Crippen molar-refractivity contribution in [3.05, 3.63) is 82.7 Å². The maximum absolute atomic E-state index is 12.2. The molecule has 0 bridgehead atoms. The number of rotatable bonds is 6. The molecule has 2 amide bonds. The van der Waals surface area contributed by atoms with Crippen LogP contribution in [-0.2, 0) is 0 Å². The quantitative estimate of drug-likeness (QED) is 0.421. The summed E-state index contributed by atoms with van der Waals surface area (Å²) in [5, 5.41) is 8.43. The van der Waals surface area contributed by atoms with Gasteiger partial charge in [0.2, 0.25) is 0 Å². The predicted octanol–water partition coefficient (Wildman–Crippen LogP) is 2.73. The highest BCUT2D eigenvalue weighted by atomic mass is 16.2. The molecule has 0 fully saturated rings. The zero-order valence-corrected chi connectivity index (χ0v) is 17.7. The van der Waals surface area contributed by atoms with Gasteiger partial charge >= 0.3 is 0 Å². The fourth-order valence-electron chi connectivity index (χ4n) is 3.16. The molecule has 31 heavy (non-hydrogen) atoms. The monoisotopic (exact) mass is 417 g/mol. The Labute approximate surface area is 179 Å². The first kappa shape index (κ1) is 21.6. The van der Waals surface area contributed by atoms with E-state index < -0.39 is 0 Å².